The number of esters is 2. The van der Waals surface area contributed by atoms with E-state index in [1.165, 1.54) is 6.92 Å². The minimum absolute atomic E-state index is 0.0922. The molecule has 0 spiro atoms. The van der Waals surface area contributed by atoms with Gasteiger partial charge in [0.15, 0.2) is 0 Å². The maximum atomic E-state index is 15.3. The highest BCUT2D eigenvalue weighted by Gasteiger charge is 2.37. The van der Waals surface area contributed by atoms with Crippen LogP contribution in [0.25, 0.3) is 11.1 Å². The molecule has 1 unspecified atom stereocenters. The SMILES string of the molecule is CN1CCN(Cc2cc(C(=O)OCCCCCOC(=O)C(C)(F)c3ccc(-c4ccccc4)cc3)cc(Br)c2N)CC1. The highest BCUT2D eigenvalue weighted by molar-refractivity contribution is 9.10. The van der Waals surface area contributed by atoms with Crippen LogP contribution >= 0.6 is 15.9 Å². The number of alkyl halides is 1. The van der Waals surface area contributed by atoms with E-state index in [1.807, 2.05) is 36.4 Å². The van der Waals surface area contributed by atoms with E-state index in [-0.39, 0.29) is 18.8 Å². The number of hydrogen-bond acceptors (Lipinski definition) is 7. The molecule has 3 aromatic carbocycles. The van der Waals surface area contributed by atoms with Crippen LogP contribution in [0.4, 0.5) is 10.1 Å². The molecule has 42 heavy (non-hydrogen) atoms. The lowest BCUT2D eigenvalue weighted by Gasteiger charge is -2.32. The fraction of sp³-hybridized carbons (Fsp3) is 0.394. The summed E-state index contributed by atoms with van der Waals surface area (Å²) in [5.41, 5.74) is 8.22. The molecule has 9 heteroatoms. The zero-order valence-electron chi connectivity index (χ0n) is 24.3. The molecule has 7 nitrogen and oxygen atoms in total. The fourth-order valence-electron chi connectivity index (χ4n) is 4.82. The highest BCUT2D eigenvalue weighted by atomic mass is 79.9. The summed E-state index contributed by atoms with van der Waals surface area (Å²) in [5.74, 6) is -1.32. The lowest BCUT2D eigenvalue weighted by atomic mass is 9.95. The zero-order chi connectivity index (χ0) is 30.1. The number of nitrogen functional groups attached to an aromatic ring is 1. The number of halogens is 2. The maximum Gasteiger partial charge on any atom is 0.348 e. The molecule has 1 atom stereocenters. The van der Waals surface area contributed by atoms with Gasteiger partial charge in [-0.25, -0.2) is 14.0 Å². The van der Waals surface area contributed by atoms with Crippen molar-refractivity contribution in [3.8, 4) is 11.1 Å². The smallest absolute Gasteiger partial charge is 0.348 e. The van der Waals surface area contributed by atoms with E-state index in [1.54, 1.807) is 30.3 Å². The first-order valence-corrected chi connectivity index (χ1v) is 15.1. The number of anilines is 1. The van der Waals surface area contributed by atoms with E-state index < -0.39 is 17.6 Å². The van der Waals surface area contributed by atoms with Crippen molar-refractivity contribution in [2.24, 2.45) is 0 Å². The number of ether oxygens (including phenoxy) is 2. The van der Waals surface area contributed by atoms with Gasteiger partial charge in [0.05, 0.1) is 24.5 Å². The number of unbranched alkanes of at least 4 members (excludes halogenated alkanes) is 2. The molecule has 4 rings (SSSR count). The van der Waals surface area contributed by atoms with Crippen molar-refractivity contribution < 1.29 is 23.5 Å². The first-order valence-electron chi connectivity index (χ1n) is 14.3. The van der Waals surface area contributed by atoms with Crippen LogP contribution in [-0.2, 0) is 26.5 Å². The summed E-state index contributed by atoms with van der Waals surface area (Å²) in [6.07, 6.45) is 1.80. The summed E-state index contributed by atoms with van der Waals surface area (Å²) in [6, 6.07) is 20.1. The monoisotopic (exact) mass is 639 g/mol. The van der Waals surface area contributed by atoms with Gasteiger partial charge in [0.25, 0.3) is 0 Å². The van der Waals surface area contributed by atoms with Gasteiger partial charge in [0, 0.05) is 42.8 Å². The normalized spacial score (nSPS) is 15.6. The molecule has 0 amide bonds. The number of nitrogens with zero attached hydrogens (tertiary/aromatic N) is 2. The van der Waals surface area contributed by atoms with Gasteiger partial charge in [0.1, 0.15) is 0 Å². The molecule has 2 N–H and O–H groups in total. The van der Waals surface area contributed by atoms with Gasteiger partial charge < -0.3 is 20.1 Å². The Hall–Kier alpha value is -3.27. The largest absolute Gasteiger partial charge is 0.463 e. The summed E-state index contributed by atoms with van der Waals surface area (Å²) < 4.78 is 26.7. The van der Waals surface area contributed by atoms with Crippen molar-refractivity contribution in [2.45, 2.75) is 38.4 Å². The predicted octanol–water partition coefficient (Wildman–Crippen LogP) is 6.20. The molecule has 0 bridgehead atoms. The molecule has 1 aliphatic heterocycles. The molecular weight excluding hydrogens is 601 g/mol. The van der Waals surface area contributed by atoms with Crippen molar-refractivity contribution in [3.63, 3.8) is 0 Å². The third kappa shape index (κ3) is 8.40. The van der Waals surface area contributed by atoms with Gasteiger partial charge in [-0.15, -0.1) is 0 Å². The van der Waals surface area contributed by atoms with Crippen LogP contribution in [0.5, 0.6) is 0 Å². The lowest BCUT2D eigenvalue weighted by Crippen LogP contribution is -2.44. The number of hydrogen-bond donors (Lipinski definition) is 1. The molecule has 1 aliphatic rings. The minimum atomic E-state index is -2.25. The van der Waals surface area contributed by atoms with E-state index in [4.69, 9.17) is 15.2 Å². The second-order valence-electron chi connectivity index (χ2n) is 10.9. The Labute approximate surface area is 255 Å². The van der Waals surface area contributed by atoms with Crippen LogP contribution in [0, 0.1) is 0 Å². The molecule has 3 aromatic rings. The summed E-state index contributed by atoms with van der Waals surface area (Å²) in [4.78, 5) is 29.8. The molecular formula is C33H39BrFN3O4. The minimum Gasteiger partial charge on any atom is -0.463 e. The van der Waals surface area contributed by atoms with E-state index >= 15 is 4.39 Å². The third-order valence-corrected chi connectivity index (χ3v) is 8.27. The molecule has 0 aliphatic carbocycles. The van der Waals surface area contributed by atoms with Gasteiger partial charge >= 0.3 is 11.9 Å². The zero-order valence-corrected chi connectivity index (χ0v) is 25.9. The Morgan fingerprint density at radius 2 is 1.52 bits per heavy atom. The van der Waals surface area contributed by atoms with Gasteiger partial charge in [-0.2, -0.15) is 0 Å². The van der Waals surface area contributed by atoms with Crippen LogP contribution in [0.15, 0.2) is 71.2 Å². The molecule has 0 saturated carbocycles. The first-order chi connectivity index (χ1) is 20.1. The van der Waals surface area contributed by atoms with Crippen LogP contribution in [0.3, 0.4) is 0 Å². The van der Waals surface area contributed by atoms with E-state index in [0.29, 0.717) is 41.5 Å². The van der Waals surface area contributed by atoms with Crippen molar-refractivity contribution in [1.82, 2.24) is 9.80 Å². The fourth-order valence-corrected chi connectivity index (χ4v) is 5.33. The Morgan fingerprint density at radius 3 is 2.19 bits per heavy atom. The molecule has 0 radical (unpaired) electrons. The topological polar surface area (TPSA) is 85.1 Å². The van der Waals surface area contributed by atoms with Crippen LogP contribution in [0.1, 0.15) is 47.7 Å². The first kappa shape index (κ1) is 31.7. The quantitative estimate of drug-likeness (QED) is 0.143. The average molecular weight is 641 g/mol. The average Bonchev–Trinajstić information content (AvgIpc) is 3.00. The number of likely N-dealkylation sites (N-methyl/N-ethyl adjacent to an activating group) is 1. The number of nitrogens with two attached hydrogens (primary N) is 1. The molecule has 0 aromatic heterocycles. The van der Waals surface area contributed by atoms with Gasteiger partial charge in [-0.1, -0.05) is 54.6 Å². The lowest BCUT2D eigenvalue weighted by molar-refractivity contribution is -0.157. The van der Waals surface area contributed by atoms with E-state index in [9.17, 15) is 9.59 Å². The Balaban J connectivity index is 1.17. The number of benzene rings is 3. The Bertz CT molecular complexity index is 1340. The number of carbonyl (C=O) groups is 2. The predicted molar refractivity (Wildman–Crippen MR) is 167 cm³/mol. The molecule has 224 valence electrons. The van der Waals surface area contributed by atoms with E-state index in [2.05, 4.69) is 32.8 Å². The number of rotatable bonds is 12. The third-order valence-electron chi connectivity index (χ3n) is 7.61. The Kier molecular flexibility index (Phi) is 11.1. The van der Waals surface area contributed by atoms with Gasteiger partial charge in [0.2, 0.25) is 5.67 Å². The van der Waals surface area contributed by atoms with Crippen molar-refractivity contribution in [1.29, 1.82) is 0 Å². The Morgan fingerprint density at radius 1 is 0.905 bits per heavy atom. The number of piperazine rings is 1. The van der Waals surface area contributed by atoms with Crippen molar-refractivity contribution in [2.75, 3.05) is 52.2 Å². The second kappa shape index (κ2) is 14.8. The summed E-state index contributed by atoms with van der Waals surface area (Å²) in [7, 11) is 2.11. The number of carbonyl (C=O) groups excluding carboxylic acids is 2. The van der Waals surface area contributed by atoms with E-state index in [0.717, 1.165) is 42.9 Å². The van der Waals surface area contributed by atoms with Gasteiger partial charge in [-0.05, 0) is 78.0 Å². The summed E-state index contributed by atoms with van der Waals surface area (Å²) in [6.45, 7) is 6.11. The molecule has 1 heterocycles. The second-order valence-corrected chi connectivity index (χ2v) is 11.7. The summed E-state index contributed by atoms with van der Waals surface area (Å²) in [5, 5.41) is 0. The molecule has 1 saturated heterocycles. The van der Waals surface area contributed by atoms with Crippen LogP contribution < -0.4 is 5.73 Å². The van der Waals surface area contributed by atoms with Crippen LogP contribution in [0.2, 0.25) is 0 Å². The van der Waals surface area contributed by atoms with Gasteiger partial charge in [-0.3, -0.25) is 4.90 Å². The van der Waals surface area contributed by atoms with Crippen molar-refractivity contribution >= 4 is 33.6 Å². The highest BCUT2D eigenvalue weighted by Crippen LogP contribution is 2.30. The molecule has 1 fully saturated rings. The van der Waals surface area contributed by atoms with Crippen LogP contribution in [-0.4, -0.2) is 68.2 Å². The summed E-state index contributed by atoms with van der Waals surface area (Å²) >= 11 is 3.48. The maximum absolute atomic E-state index is 15.3. The van der Waals surface area contributed by atoms with Crippen molar-refractivity contribution in [3.05, 3.63) is 87.9 Å². The standard InChI is InChI=1S/C33H39BrFN3O4/c1-33(35,28-13-11-25(12-14-28)24-9-5-3-6-10-24)32(40)42-20-8-4-7-19-41-31(39)26-21-27(30(36)29(34)22-26)23-38-17-15-37(2)16-18-38/h3,5-6,9-14,21-22H,4,7-8,15-20,23,36H2,1-2H3.